The van der Waals surface area contributed by atoms with Crippen LogP contribution in [0.2, 0.25) is 0 Å². The average molecular weight is 488 g/mol. The molecule has 0 saturated heterocycles. The molecule has 1 aliphatic carbocycles. The largest absolute Gasteiger partial charge is 0.497 e. The molecule has 7 nitrogen and oxygen atoms in total. The molecule has 0 N–H and O–H groups in total. The summed E-state index contributed by atoms with van der Waals surface area (Å²) in [5.74, 6) is 1.31. The summed E-state index contributed by atoms with van der Waals surface area (Å²) in [6.45, 7) is 2.14. The van der Waals surface area contributed by atoms with Gasteiger partial charge in [-0.25, -0.2) is 0 Å². The molecular weight excluding hydrogens is 454 g/mol. The third kappa shape index (κ3) is 4.34. The predicted molar refractivity (Wildman–Crippen MR) is 139 cm³/mol. The van der Waals surface area contributed by atoms with Crippen molar-refractivity contribution in [3.8, 4) is 17.2 Å². The van der Waals surface area contributed by atoms with Crippen LogP contribution < -0.4 is 14.4 Å². The highest BCUT2D eigenvalue weighted by Gasteiger charge is 2.40. The number of fused-ring (bicyclic) bond motifs is 3. The number of unbranched alkanes of at least 4 members (excludes halogenated alkanes) is 1. The molecule has 5 rings (SSSR count). The van der Waals surface area contributed by atoms with Crippen molar-refractivity contribution >= 4 is 17.5 Å². The topological polar surface area (TPSA) is 64.0 Å². The molecule has 1 aromatic heterocycles. The molecule has 1 unspecified atom stereocenters. The lowest BCUT2D eigenvalue weighted by atomic mass is 9.96. The van der Waals surface area contributed by atoms with Gasteiger partial charge < -0.3 is 18.9 Å². The lowest BCUT2D eigenvalue weighted by Gasteiger charge is -2.40. The number of hydrogen-bond acceptors (Lipinski definition) is 4. The Morgan fingerprint density at radius 2 is 1.78 bits per heavy atom. The van der Waals surface area contributed by atoms with E-state index in [1.54, 1.807) is 19.1 Å². The number of aromatic nitrogens is 1. The van der Waals surface area contributed by atoms with Crippen LogP contribution in [0.1, 0.15) is 56.3 Å². The van der Waals surface area contributed by atoms with E-state index in [1.165, 1.54) is 0 Å². The maximum absolute atomic E-state index is 14.2. The van der Waals surface area contributed by atoms with Crippen molar-refractivity contribution in [2.24, 2.45) is 0 Å². The predicted octanol–water partition coefficient (Wildman–Crippen LogP) is 5.11. The fourth-order valence-corrected chi connectivity index (χ4v) is 5.11. The zero-order valence-electron chi connectivity index (χ0n) is 21.1. The molecule has 1 saturated carbocycles. The van der Waals surface area contributed by atoms with Crippen LogP contribution in [0.3, 0.4) is 0 Å². The number of benzene rings is 2. The molecule has 2 heterocycles. The zero-order chi connectivity index (χ0) is 25.2. The van der Waals surface area contributed by atoms with Crippen LogP contribution in [0.15, 0.2) is 60.8 Å². The van der Waals surface area contributed by atoms with Crippen molar-refractivity contribution in [1.29, 1.82) is 0 Å². The van der Waals surface area contributed by atoms with E-state index in [1.807, 2.05) is 65.7 Å². The van der Waals surface area contributed by atoms with Gasteiger partial charge in [-0.2, -0.15) is 0 Å². The number of ether oxygens (including phenoxy) is 2. The number of para-hydroxylation sites is 2. The minimum absolute atomic E-state index is 0.0606. The SMILES string of the molecule is CCCCC(=O)N(CC(=O)N1c2ccccc2-n2cccc2C1c1cc(OC)ccc1OC)C1CC1. The highest BCUT2D eigenvalue weighted by Crippen LogP contribution is 2.45. The standard InChI is InChI=1S/C29H33N3O4/c1-4-5-12-27(33)31(20-13-14-20)19-28(34)32-24-10-7-6-9-23(24)30-17-8-11-25(30)29(32)22-18-21(35-2)15-16-26(22)36-3/h6-11,15-18,20,29H,4-5,12-14,19H2,1-3H3. The fourth-order valence-electron chi connectivity index (χ4n) is 5.11. The normalized spacial score (nSPS) is 16.2. The van der Waals surface area contributed by atoms with E-state index in [-0.39, 0.29) is 24.4 Å². The molecule has 3 aromatic rings. The molecule has 36 heavy (non-hydrogen) atoms. The molecule has 188 valence electrons. The van der Waals surface area contributed by atoms with Crippen LogP contribution >= 0.6 is 0 Å². The number of rotatable bonds is 9. The van der Waals surface area contributed by atoms with E-state index >= 15 is 0 Å². The van der Waals surface area contributed by atoms with Crippen LogP contribution in [-0.2, 0) is 9.59 Å². The second-order valence-corrected chi connectivity index (χ2v) is 9.42. The first-order valence-electron chi connectivity index (χ1n) is 12.7. The summed E-state index contributed by atoms with van der Waals surface area (Å²) in [4.78, 5) is 30.9. The van der Waals surface area contributed by atoms with Crippen LogP contribution in [0.5, 0.6) is 11.5 Å². The minimum Gasteiger partial charge on any atom is -0.497 e. The zero-order valence-corrected chi connectivity index (χ0v) is 21.1. The van der Waals surface area contributed by atoms with E-state index in [4.69, 9.17) is 9.47 Å². The van der Waals surface area contributed by atoms with Gasteiger partial charge in [0.1, 0.15) is 24.1 Å². The number of amides is 2. The van der Waals surface area contributed by atoms with Gasteiger partial charge in [0.2, 0.25) is 11.8 Å². The number of anilines is 1. The molecule has 7 heteroatoms. The number of carbonyl (C=O) groups excluding carboxylic acids is 2. The summed E-state index contributed by atoms with van der Waals surface area (Å²) in [5.41, 5.74) is 3.51. The van der Waals surface area contributed by atoms with E-state index in [9.17, 15) is 9.59 Å². The molecule has 1 fully saturated rings. The summed E-state index contributed by atoms with van der Waals surface area (Å²) < 4.78 is 13.4. The second-order valence-electron chi connectivity index (χ2n) is 9.42. The Morgan fingerprint density at radius 1 is 1.00 bits per heavy atom. The van der Waals surface area contributed by atoms with Gasteiger partial charge in [-0.15, -0.1) is 0 Å². The first-order valence-corrected chi connectivity index (χ1v) is 12.7. The lowest BCUT2D eigenvalue weighted by Crippen LogP contribution is -2.47. The Labute approximate surface area is 212 Å². The maximum atomic E-state index is 14.2. The molecule has 2 amide bonds. The Morgan fingerprint density at radius 3 is 2.47 bits per heavy atom. The number of methoxy groups -OCH3 is 2. The Bertz CT molecular complexity index is 1260. The van der Waals surface area contributed by atoms with Crippen molar-refractivity contribution in [1.82, 2.24) is 9.47 Å². The smallest absolute Gasteiger partial charge is 0.247 e. The minimum atomic E-state index is -0.445. The molecule has 2 aromatic carbocycles. The monoisotopic (exact) mass is 487 g/mol. The first-order chi connectivity index (χ1) is 17.6. The third-order valence-corrected chi connectivity index (χ3v) is 7.08. The quantitative estimate of drug-likeness (QED) is 0.421. The van der Waals surface area contributed by atoms with E-state index in [0.717, 1.165) is 48.3 Å². The van der Waals surface area contributed by atoms with Gasteiger partial charge in [0.15, 0.2) is 0 Å². The van der Waals surface area contributed by atoms with Gasteiger partial charge in [0.25, 0.3) is 0 Å². The van der Waals surface area contributed by atoms with Crippen LogP contribution in [0.4, 0.5) is 5.69 Å². The van der Waals surface area contributed by atoms with Gasteiger partial charge in [-0.1, -0.05) is 25.5 Å². The molecule has 0 bridgehead atoms. The van der Waals surface area contributed by atoms with Crippen molar-refractivity contribution < 1.29 is 19.1 Å². The Kier molecular flexibility index (Phi) is 6.72. The molecular formula is C29H33N3O4. The summed E-state index contributed by atoms with van der Waals surface area (Å²) in [7, 11) is 3.26. The molecule has 2 aliphatic rings. The highest BCUT2D eigenvalue weighted by molar-refractivity contribution is 6.00. The summed E-state index contributed by atoms with van der Waals surface area (Å²) in [5, 5.41) is 0. The van der Waals surface area contributed by atoms with Crippen LogP contribution in [-0.4, -0.2) is 48.1 Å². The van der Waals surface area contributed by atoms with Crippen molar-refractivity contribution in [2.75, 3.05) is 25.7 Å². The van der Waals surface area contributed by atoms with E-state index in [0.29, 0.717) is 17.9 Å². The Hall–Kier alpha value is -3.74. The van der Waals surface area contributed by atoms with Crippen molar-refractivity contribution in [3.63, 3.8) is 0 Å². The van der Waals surface area contributed by atoms with E-state index in [2.05, 4.69) is 11.5 Å². The molecule has 1 atom stereocenters. The second kappa shape index (κ2) is 10.1. The summed E-state index contributed by atoms with van der Waals surface area (Å²) >= 11 is 0. The van der Waals surface area contributed by atoms with Gasteiger partial charge in [0.05, 0.1) is 31.3 Å². The molecule has 1 aliphatic heterocycles. The van der Waals surface area contributed by atoms with Crippen molar-refractivity contribution in [2.45, 2.75) is 51.1 Å². The summed E-state index contributed by atoms with van der Waals surface area (Å²) in [6.07, 6.45) is 6.19. The van der Waals surface area contributed by atoms with Crippen LogP contribution in [0.25, 0.3) is 5.69 Å². The summed E-state index contributed by atoms with van der Waals surface area (Å²) in [6, 6.07) is 17.3. The number of carbonyl (C=O) groups is 2. The molecule has 0 radical (unpaired) electrons. The third-order valence-electron chi connectivity index (χ3n) is 7.08. The number of nitrogens with zero attached hydrogens (tertiary/aromatic N) is 3. The fraction of sp³-hybridized carbons (Fsp3) is 0.379. The first kappa shape index (κ1) is 24.0. The highest BCUT2D eigenvalue weighted by atomic mass is 16.5. The van der Waals surface area contributed by atoms with Gasteiger partial charge in [-0.3, -0.25) is 14.5 Å². The lowest BCUT2D eigenvalue weighted by molar-refractivity contribution is -0.136. The van der Waals surface area contributed by atoms with Gasteiger partial charge in [0, 0.05) is 24.2 Å². The van der Waals surface area contributed by atoms with E-state index < -0.39 is 6.04 Å². The number of hydrogen-bond donors (Lipinski definition) is 0. The van der Waals surface area contributed by atoms with Crippen LogP contribution in [0, 0.1) is 0 Å². The Balaban J connectivity index is 1.61. The molecule has 0 spiro atoms. The average Bonchev–Trinajstić information content (AvgIpc) is 3.63. The van der Waals surface area contributed by atoms with Crippen molar-refractivity contribution in [3.05, 3.63) is 72.1 Å². The van der Waals surface area contributed by atoms with Gasteiger partial charge >= 0.3 is 0 Å². The maximum Gasteiger partial charge on any atom is 0.247 e. The van der Waals surface area contributed by atoms with Gasteiger partial charge in [-0.05, 0) is 61.7 Å².